The number of carbonyl (C=O) groups excluding carboxylic acids is 2. The van der Waals surface area contributed by atoms with E-state index in [4.69, 9.17) is 0 Å². The summed E-state index contributed by atoms with van der Waals surface area (Å²) >= 11 is 0. The molecule has 0 heterocycles. The maximum atomic E-state index is 11.7. The van der Waals surface area contributed by atoms with Gasteiger partial charge in [0.25, 0.3) is 0 Å². The molecule has 2 unspecified atom stereocenters. The van der Waals surface area contributed by atoms with Gasteiger partial charge in [-0.3, -0.25) is 0 Å². The van der Waals surface area contributed by atoms with Gasteiger partial charge in [-0.15, -0.1) is 0 Å². The smallest absolute Gasteiger partial charge is 0.131 e. The van der Waals surface area contributed by atoms with E-state index in [1.54, 1.807) is 0 Å². The number of fused-ring (bicyclic) bond motifs is 1. The van der Waals surface area contributed by atoms with Crippen molar-refractivity contribution in [2.45, 2.75) is 20.3 Å². The Hall–Kier alpha value is -1.70. The van der Waals surface area contributed by atoms with Crippen LogP contribution in [0.15, 0.2) is 30.3 Å². The SMILES string of the molecule is CC1(C)C(C=O)C1(C=O)C1=CCc2ccccc21. The van der Waals surface area contributed by atoms with E-state index in [2.05, 4.69) is 18.2 Å². The van der Waals surface area contributed by atoms with Crippen LogP contribution in [0.5, 0.6) is 0 Å². The van der Waals surface area contributed by atoms with Gasteiger partial charge in [-0.1, -0.05) is 44.2 Å². The Morgan fingerprint density at radius 2 is 1.94 bits per heavy atom. The van der Waals surface area contributed by atoms with Gasteiger partial charge in [-0.05, 0) is 28.5 Å². The molecule has 1 saturated carbocycles. The van der Waals surface area contributed by atoms with Gasteiger partial charge in [-0.2, -0.15) is 0 Å². The van der Waals surface area contributed by atoms with Gasteiger partial charge < -0.3 is 9.59 Å². The number of rotatable bonds is 3. The highest BCUT2D eigenvalue weighted by Gasteiger charge is 2.73. The molecule has 0 spiro atoms. The summed E-state index contributed by atoms with van der Waals surface area (Å²) in [5.41, 5.74) is 2.57. The fourth-order valence-corrected chi connectivity index (χ4v) is 3.59. The van der Waals surface area contributed by atoms with Crippen molar-refractivity contribution >= 4 is 18.1 Å². The zero-order valence-corrected chi connectivity index (χ0v) is 10.6. The summed E-state index contributed by atoms with van der Waals surface area (Å²) in [5, 5.41) is 0. The highest BCUT2D eigenvalue weighted by Crippen LogP contribution is 2.72. The number of aldehydes is 2. The molecule has 0 bridgehead atoms. The second kappa shape index (κ2) is 3.41. The minimum atomic E-state index is -0.610. The lowest BCUT2D eigenvalue weighted by atomic mass is 9.85. The van der Waals surface area contributed by atoms with E-state index >= 15 is 0 Å². The normalized spacial score (nSPS) is 31.4. The third-order valence-electron chi connectivity index (χ3n) is 4.85. The minimum absolute atomic E-state index is 0.195. The summed E-state index contributed by atoms with van der Waals surface area (Å²) in [6, 6.07) is 8.14. The fraction of sp³-hybridized carbons (Fsp3) is 0.375. The number of benzene rings is 1. The van der Waals surface area contributed by atoms with Gasteiger partial charge >= 0.3 is 0 Å². The molecule has 2 heteroatoms. The van der Waals surface area contributed by atoms with Crippen molar-refractivity contribution in [3.8, 4) is 0 Å². The maximum Gasteiger partial charge on any atom is 0.131 e. The zero-order valence-electron chi connectivity index (χ0n) is 10.6. The van der Waals surface area contributed by atoms with E-state index in [0.29, 0.717) is 0 Å². The van der Waals surface area contributed by atoms with E-state index < -0.39 is 5.41 Å². The number of allylic oxidation sites excluding steroid dienone is 2. The summed E-state index contributed by atoms with van der Waals surface area (Å²) in [6.45, 7) is 4.00. The van der Waals surface area contributed by atoms with E-state index in [1.165, 1.54) is 5.56 Å². The minimum Gasteiger partial charge on any atom is -0.303 e. The van der Waals surface area contributed by atoms with Crippen LogP contribution in [0.4, 0.5) is 0 Å². The summed E-state index contributed by atoms with van der Waals surface area (Å²) < 4.78 is 0. The van der Waals surface area contributed by atoms with Gasteiger partial charge in [0, 0.05) is 5.92 Å². The van der Waals surface area contributed by atoms with Crippen molar-refractivity contribution in [1.82, 2.24) is 0 Å². The Balaban J connectivity index is 2.13. The molecule has 2 atom stereocenters. The monoisotopic (exact) mass is 240 g/mol. The second-order valence-electron chi connectivity index (χ2n) is 5.80. The van der Waals surface area contributed by atoms with E-state index in [-0.39, 0.29) is 11.3 Å². The van der Waals surface area contributed by atoms with Crippen LogP contribution in [0, 0.1) is 16.7 Å². The maximum absolute atomic E-state index is 11.7. The highest BCUT2D eigenvalue weighted by atomic mass is 16.1. The summed E-state index contributed by atoms with van der Waals surface area (Å²) in [6.07, 6.45) is 4.91. The van der Waals surface area contributed by atoms with Crippen LogP contribution in [0.25, 0.3) is 5.57 Å². The van der Waals surface area contributed by atoms with Crippen LogP contribution in [0.1, 0.15) is 25.0 Å². The standard InChI is InChI=1S/C16H16O2/c1-15(2)14(9-17)16(15,10-18)13-8-7-11-5-3-4-6-12(11)13/h3-6,8-10,14H,7H2,1-2H3. The molecule has 0 radical (unpaired) electrons. The van der Waals surface area contributed by atoms with Gasteiger partial charge in [0.2, 0.25) is 0 Å². The summed E-state index contributed by atoms with van der Waals surface area (Å²) in [7, 11) is 0. The first-order chi connectivity index (χ1) is 8.59. The predicted octanol–water partition coefficient (Wildman–Crippen LogP) is 2.67. The number of carbonyl (C=O) groups is 2. The van der Waals surface area contributed by atoms with Gasteiger partial charge in [0.05, 0.1) is 5.41 Å². The Morgan fingerprint density at radius 1 is 1.22 bits per heavy atom. The number of hydrogen-bond donors (Lipinski definition) is 0. The first-order valence-electron chi connectivity index (χ1n) is 6.30. The zero-order chi connectivity index (χ0) is 13.0. The molecule has 3 rings (SSSR count). The molecule has 0 amide bonds. The molecular formula is C16H16O2. The summed E-state index contributed by atoms with van der Waals surface area (Å²) in [5.74, 6) is -0.195. The van der Waals surface area contributed by atoms with Crippen LogP contribution in [-0.4, -0.2) is 12.6 Å². The van der Waals surface area contributed by atoms with E-state index in [0.717, 1.165) is 30.1 Å². The molecule has 2 nitrogen and oxygen atoms in total. The molecular weight excluding hydrogens is 224 g/mol. The lowest BCUT2D eigenvalue weighted by Crippen LogP contribution is -2.13. The van der Waals surface area contributed by atoms with Crippen LogP contribution in [0.2, 0.25) is 0 Å². The van der Waals surface area contributed by atoms with Gasteiger partial charge in [0.1, 0.15) is 12.6 Å². The van der Waals surface area contributed by atoms with Gasteiger partial charge in [-0.25, -0.2) is 0 Å². The molecule has 0 aliphatic heterocycles. The molecule has 0 aromatic heterocycles. The molecule has 0 N–H and O–H groups in total. The van der Waals surface area contributed by atoms with Crippen molar-refractivity contribution in [3.05, 3.63) is 41.5 Å². The van der Waals surface area contributed by atoms with Crippen molar-refractivity contribution in [1.29, 1.82) is 0 Å². The Morgan fingerprint density at radius 3 is 2.56 bits per heavy atom. The molecule has 0 saturated heterocycles. The van der Waals surface area contributed by atoms with Crippen molar-refractivity contribution in [2.24, 2.45) is 16.7 Å². The van der Waals surface area contributed by atoms with Crippen LogP contribution < -0.4 is 0 Å². The topological polar surface area (TPSA) is 34.1 Å². The van der Waals surface area contributed by atoms with Crippen LogP contribution >= 0.6 is 0 Å². The Kier molecular flexibility index (Phi) is 2.16. The van der Waals surface area contributed by atoms with E-state index in [9.17, 15) is 9.59 Å². The van der Waals surface area contributed by atoms with Crippen molar-refractivity contribution in [3.63, 3.8) is 0 Å². The molecule has 18 heavy (non-hydrogen) atoms. The molecule has 1 aromatic rings. The fourth-order valence-electron chi connectivity index (χ4n) is 3.59. The molecule has 2 aliphatic carbocycles. The van der Waals surface area contributed by atoms with Crippen molar-refractivity contribution < 1.29 is 9.59 Å². The molecule has 92 valence electrons. The van der Waals surface area contributed by atoms with Crippen LogP contribution in [0.3, 0.4) is 0 Å². The molecule has 1 aromatic carbocycles. The third-order valence-corrected chi connectivity index (χ3v) is 4.85. The Bertz CT molecular complexity index is 568. The largest absolute Gasteiger partial charge is 0.303 e. The third kappa shape index (κ3) is 1.08. The lowest BCUT2D eigenvalue weighted by Gasteiger charge is -2.16. The summed E-state index contributed by atoms with van der Waals surface area (Å²) in [4.78, 5) is 22.9. The predicted molar refractivity (Wildman–Crippen MR) is 70.0 cm³/mol. The molecule has 1 fully saturated rings. The van der Waals surface area contributed by atoms with Gasteiger partial charge in [0.15, 0.2) is 0 Å². The van der Waals surface area contributed by atoms with Crippen LogP contribution in [-0.2, 0) is 16.0 Å². The average molecular weight is 240 g/mol. The molecule has 2 aliphatic rings. The first kappa shape index (κ1) is 11.4. The lowest BCUT2D eigenvalue weighted by molar-refractivity contribution is -0.114. The number of hydrogen-bond acceptors (Lipinski definition) is 2. The Labute approximate surface area is 107 Å². The average Bonchev–Trinajstić information content (AvgIpc) is 2.70. The first-order valence-corrected chi connectivity index (χ1v) is 6.30. The van der Waals surface area contributed by atoms with Crippen molar-refractivity contribution in [2.75, 3.05) is 0 Å². The highest BCUT2D eigenvalue weighted by molar-refractivity contribution is 5.98. The second-order valence-corrected chi connectivity index (χ2v) is 5.80. The van der Waals surface area contributed by atoms with E-state index in [1.807, 2.05) is 26.0 Å². The quantitative estimate of drug-likeness (QED) is 0.761.